The maximum absolute atomic E-state index is 6.35. The summed E-state index contributed by atoms with van der Waals surface area (Å²) >= 11 is 0. The van der Waals surface area contributed by atoms with Gasteiger partial charge in [0.1, 0.15) is 0 Å². The molecule has 13 rings (SSSR count). The molecule has 0 saturated carbocycles. The number of fused-ring (bicyclic) bond motifs is 2. The normalized spacial score (nSPS) is 11.2. The van der Waals surface area contributed by atoms with Gasteiger partial charge in [-0.25, -0.2) is 0 Å². The van der Waals surface area contributed by atoms with E-state index in [1.54, 1.807) is 0 Å². The van der Waals surface area contributed by atoms with Crippen molar-refractivity contribution in [3.05, 3.63) is 267 Å². The highest BCUT2D eigenvalue weighted by molar-refractivity contribution is 6.22. The lowest BCUT2D eigenvalue weighted by molar-refractivity contribution is 0.584. The highest BCUT2D eigenvalue weighted by Crippen LogP contribution is 2.48. The van der Waals surface area contributed by atoms with Gasteiger partial charge in [0.15, 0.2) is 0 Å². The van der Waals surface area contributed by atoms with Gasteiger partial charge in [-0.2, -0.15) is 0 Å². The van der Waals surface area contributed by atoms with Gasteiger partial charge in [-0.1, -0.05) is 146 Å². The number of aromatic nitrogens is 4. The number of benzene rings is 11. The zero-order valence-electron chi connectivity index (χ0n) is 39.9. The smallest absolute Gasteiger partial charge is 0.248 e. The molecule has 0 spiro atoms. The van der Waals surface area contributed by atoms with Crippen LogP contribution in [0.3, 0.4) is 0 Å². The predicted octanol–water partition coefficient (Wildman–Crippen LogP) is 17.7. The minimum Gasteiger partial charge on any atom is -0.416 e. The minimum atomic E-state index is 0.446. The van der Waals surface area contributed by atoms with Crippen LogP contribution in [0.4, 0.5) is 34.1 Å². The minimum absolute atomic E-state index is 0.446. The standard InChI is InChI=1S/C66H44N6O2/c1-6-20-45(21-7-1)63-67-69-65(73-63)49-26-18-24-47(42-49)61-57-34-16-17-35-58(57)62(48-25-19-27-50(43-48)66-70-68-64(74-66)46-22-8-2-9-23-46)60-44-56(40-41-59(60)61)72(53-32-14-5-15-33-53)55-38-36-54(37-39-55)71(51-28-10-3-11-29-51)52-30-12-4-13-31-52/h1-44H. The summed E-state index contributed by atoms with van der Waals surface area (Å²) in [7, 11) is 0. The molecule has 0 aliphatic heterocycles. The molecular formula is C66H44N6O2. The third-order valence-electron chi connectivity index (χ3n) is 13.4. The Balaban J connectivity index is 0.999. The summed E-state index contributed by atoms with van der Waals surface area (Å²) in [6.45, 7) is 0. The van der Waals surface area contributed by atoms with Crippen LogP contribution in [0.15, 0.2) is 276 Å². The lowest BCUT2D eigenvalue weighted by Crippen LogP contribution is -2.12. The summed E-state index contributed by atoms with van der Waals surface area (Å²) in [4.78, 5) is 4.61. The van der Waals surface area contributed by atoms with Crippen molar-refractivity contribution in [3.63, 3.8) is 0 Å². The molecule has 2 aromatic heterocycles. The zero-order chi connectivity index (χ0) is 49.2. The second kappa shape index (κ2) is 19.2. The van der Waals surface area contributed by atoms with Crippen molar-refractivity contribution in [2.45, 2.75) is 0 Å². The van der Waals surface area contributed by atoms with Crippen molar-refractivity contribution >= 4 is 55.7 Å². The molecule has 13 aromatic rings. The summed E-state index contributed by atoms with van der Waals surface area (Å²) in [6.07, 6.45) is 0. The van der Waals surface area contributed by atoms with E-state index < -0.39 is 0 Å². The van der Waals surface area contributed by atoms with Crippen LogP contribution >= 0.6 is 0 Å². The third-order valence-corrected chi connectivity index (χ3v) is 13.4. The van der Waals surface area contributed by atoms with E-state index in [0.29, 0.717) is 23.6 Å². The van der Waals surface area contributed by atoms with Gasteiger partial charge < -0.3 is 18.6 Å². The molecule has 74 heavy (non-hydrogen) atoms. The van der Waals surface area contributed by atoms with Crippen molar-refractivity contribution < 1.29 is 8.83 Å². The number of anilines is 6. The fourth-order valence-electron chi connectivity index (χ4n) is 9.99. The zero-order valence-corrected chi connectivity index (χ0v) is 39.9. The molecule has 0 aliphatic carbocycles. The summed E-state index contributed by atoms with van der Waals surface area (Å²) in [5, 5.41) is 22.3. The lowest BCUT2D eigenvalue weighted by Gasteiger charge is -2.29. The van der Waals surface area contributed by atoms with Crippen molar-refractivity contribution in [1.82, 2.24) is 20.4 Å². The quantitative estimate of drug-likeness (QED) is 0.112. The van der Waals surface area contributed by atoms with Gasteiger partial charge in [-0.15, -0.1) is 20.4 Å². The van der Waals surface area contributed by atoms with Gasteiger partial charge in [0.05, 0.1) is 0 Å². The first-order valence-electron chi connectivity index (χ1n) is 24.5. The Labute approximate surface area is 427 Å². The van der Waals surface area contributed by atoms with E-state index >= 15 is 0 Å². The Hall–Kier alpha value is -10.2. The molecule has 0 fully saturated rings. The van der Waals surface area contributed by atoms with Gasteiger partial charge in [0, 0.05) is 56.4 Å². The van der Waals surface area contributed by atoms with Gasteiger partial charge >= 0.3 is 0 Å². The lowest BCUT2D eigenvalue weighted by atomic mass is 9.85. The van der Waals surface area contributed by atoms with E-state index in [4.69, 9.17) is 8.83 Å². The number of hydrogen-bond donors (Lipinski definition) is 0. The molecule has 350 valence electrons. The highest BCUT2D eigenvalue weighted by atomic mass is 16.4. The van der Waals surface area contributed by atoms with Crippen molar-refractivity contribution in [2.24, 2.45) is 0 Å². The van der Waals surface area contributed by atoms with Gasteiger partial charge in [0.2, 0.25) is 23.6 Å². The second-order valence-corrected chi connectivity index (χ2v) is 17.9. The highest BCUT2D eigenvalue weighted by Gasteiger charge is 2.23. The Morgan fingerprint density at radius 3 is 0.946 bits per heavy atom. The molecule has 8 heteroatoms. The topological polar surface area (TPSA) is 84.3 Å². The van der Waals surface area contributed by atoms with Crippen LogP contribution in [-0.4, -0.2) is 20.4 Å². The Morgan fingerprint density at radius 2 is 0.514 bits per heavy atom. The van der Waals surface area contributed by atoms with E-state index in [9.17, 15) is 0 Å². The Kier molecular flexibility index (Phi) is 11.4. The van der Waals surface area contributed by atoms with Crippen LogP contribution in [-0.2, 0) is 0 Å². The van der Waals surface area contributed by atoms with E-state index in [-0.39, 0.29) is 0 Å². The predicted molar refractivity (Wildman–Crippen MR) is 299 cm³/mol. The van der Waals surface area contributed by atoms with E-state index in [0.717, 1.165) is 100 Å². The van der Waals surface area contributed by atoms with E-state index in [2.05, 4.69) is 224 Å². The molecule has 0 radical (unpaired) electrons. The summed E-state index contributed by atoms with van der Waals surface area (Å²) in [6, 6.07) is 92.4. The summed E-state index contributed by atoms with van der Waals surface area (Å²) < 4.78 is 12.7. The molecular weight excluding hydrogens is 909 g/mol. The van der Waals surface area contributed by atoms with E-state index in [1.807, 2.05) is 72.8 Å². The van der Waals surface area contributed by atoms with Crippen LogP contribution in [0, 0.1) is 0 Å². The molecule has 0 aliphatic rings. The van der Waals surface area contributed by atoms with Crippen LogP contribution in [0.25, 0.3) is 89.6 Å². The number of nitrogens with zero attached hydrogens (tertiary/aromatic N) is 6. The molecule has 0 N–H and O–H groups in total. The van der Waals surface area contributed by atoms with Crippen LogP contribution in [0.1, 0.15) is 0 Å². The fraction of sp³-hybridized carbons (Fsp3) is 0. The third kappa shape index (κ3) is 8.32. The molecule has 0 unspecified atom stereocenters. The van der Waals surface area contributed by atoms with Crippen molar-refractivity contribution in [2.75, 3.05) is 9.80 Å². The molecule has 0 saturated heterocycles. The number of hydrogen-bond acceptors (Lipinski definition) is 8. The van der Waals surface area contributed by atoms with E-state index in [1.165, 1.54) is 0 Å². The Morgan fingerprint density at radius 1 is 0.216 bits per heavy atom. The average Bonchev–Trinajstić information content (AvgIpc) is 4.20. The molecule has 0 atom stereocenters. The molecule has 11 aromatic carbocycles. The summed E-state index contributed by atoms with van der Waals surface area (Å²) in [5.41, 5.74) is 13.8. The van der Waals surface area contributed by atoms with Gasteiger partial charge in [0.25, 0.3) is 0 Å². The van der Waals surface area contributed by atoms with Crippen molar-refractivity contribution in [1.29, 1.82) is 0 Å². The largest absolute Gasteiger partial charge is 0.416 e. The molecule has 2 heterocycles. The van der Waals surface area contributed by atoms with Crippen LogP contribution in [0.2, 0.25) is 0 Å². The number of para-hydroxylation sites is 3. The van der Waals surface area contributed by atoms with Gasteiger partial charge in [-0.05, 0) is 165 Å². The molecule has 0 bridgehead atoms. The van der Waals surface area contributed by atoms with Crippen LogP contribution < -0.4 is 9.80 Å². The molecule has 0 amide bonds. The fourth-order valence-corrected chi connectivity index (χ4v) is 9.99. The van der Waals surface area contributed by atoms with Crippen LogP contribution in [0.5, 0.6) is 0 Å². The Bertz CT molecular complexity index is 4030. The first kappa shape index (κ1) is 43.8. The molecule has 8 nitrogen and oxygen atoms in total. The second-order valence-electron chi connectivity index (χ2n) is 17.9. The summed E-state index contributed by atoms with van der Waals surface area (Å²) in [5.74, 6) is 1.84. The first-order valence-corrected chi connectivity index (χ1v) is 24.5. The average molecular weight is 953 g/mol. The first-order chi connectivity index (χ1) is 36.7. The maximum Gasteiger partial charge on any atom is 0.248 e. The SMILES string of the molecule is c1ccc(-c2nnc(-c3cccc(-c4c5ccccc5c(-c5cccc(-c6nnc(-c7ccccc7)o6)c5)c5cc(N(c6ccccc6)c6ccc(N(c7ccccc7)c7ccccc7)cc6)ccc45)c3)o2)cc1. The van der Waals surface area contributed by atoms with Gasteiger partial charge in [-0.3, -0.25) is 0 Å². The monoisotopic (exact) mass is 952 g/mol. The number of rotatable bonds is 12. The van der Waals surface area contributed by atoms with Crippen molar-refractivity contribution in [3.8, 4) is 68.1 Å². The maximum atomic E-state index is 6.35.